The molecule has 0 radical (unpaired) electrons. The van der Waals surface area contributed by atoms with Crippen LogP contribution < -0.4 is 15.4 Å². The molecule has 0 saturated heterocycles. The van der Waals surface area contributed by atoms with Gasteiger partial charge in [0.05, 0.1) is 5.69 Å². The van der Waals surface area contributed by atoms with Crippen LogP contribution in [0.5, 0.6) is 11.5 Å². The predicted molar refractivity (Wildman–Crippen MR) is 126 cm³/mol. The Labute approximate surface area is 193 Å². The number of rotatable bonds is 7. The molecule has 0 saturated carbocycles. The second kappa shape index (κ2) is 10.5. The molecule has 3 aromatic rings. The van der Waals surface area contributed by atoms with Gasteiger partial charge in [-0.1, -0.05) is 42.5 Å². The molecule has 0 aromatic heterocycles. The van der Waals surface area contributed by atoms with Gasteiger partial charge in [0.1, 0.15) is 23.7 Å². The van der Waals surface area contributed by atoms with Gasteiger partial charge >= 0.3 is 6.09 Å². The van der Waals surface area contributed by atoms with Crippen LogP contribution in [0.1, 0.15) is 42.3 Å². The molecule has 0 unspecified atom stereocenters. The Balaban J connectivity index is 1.57. The number of aromatic hydroxyl groups is 1. The van der Waals surface area contributed by atoms with Crippen molar-refractivity contribution >= 4 is 17.7 Å². The van der Waals surface area contributed by atoms with E-state index in [0.717, 1.165) is 11.1 Å². The van der Waals surface area contributed by atoms with Crippen LogP contribution in [-0.4, -0.2) is 22.7 Å². The highest BCUT2D eigenvalue weighted by molar-refractivity contribution is 6.05. The Morgan fingerprint density at radius 1 is 0.909 bits per heavy atom. The quantitative estimate of drug-likeness (QED) is 0.429. The lowest BCUT2D eigenvalue weighted by atomic mass is 10.1. The van der Waals surface area contributed by atoms with Crippen LogP contribution in [0.3, 0.4) is 0 Å². The summed E-state index contributed by atoms with van der Waals surface area (Å²) in [7, 11) is 0. The minimum Gasteiger partial charge on any atom is -0.506 e. The summed E-state index contributed by atoms with van der Waals surface area (Å²) in [5.74, 6) is 0.0845. The van der Waals surface area contributed by atoms with E-state index in [1.807, 2.05) is 30.3 Å². The Morgan fingerprint density at radius 2 is 1.61 bits per heavy atom. The number of phenolic OH excluding ortho intramolecular Hbond substituents is 1. The molecule has 172 valence electrons. The van der Waals surface area contributed by atoms with Crippen molar-refractivity contribution in [1.29, 1.82) is 0 Å². The number of hydrogen-bond donors (Lipinski definition) is 3. The highest BCUT2D eigenvalue weighted by Crippen LogP contribution is 2.29. The monoisotopic (exact) mass is 448 g/mol. The van der Waals surface area contributed by atoms with E-state index in [2.05, 4.69) is 10.6 Å². The molecule has 3 N–H and O–H groups in total. The van der Waals surface area contributed by atoms with Crippen molar-refractivity contribution in [3.63, 3.8) is 0 Å². The molecule has 0 aliphatic heterocycles. The highest BCUT2D eigenvalue weighted by atomic mass is 16.6. The number of carbonyl (C=O) groups is 2. The number of benzene rings is 3. The van der Waals surface area contributed by atoms with Gasteiger partial charge in [-0.2, -0.15) is 0 Å². The topological polar surface area (TPSA) is 96.9 Å². The maximum absolute atomic E-state index is 12.6. The van der Waals surface area contributed by atoms with Crippen LogP contribution in [0.25, 0.3) is 0 Å². The van der Waals surface area contributed by atoms with Crippen molar-refractivity contribution in [2.45, 2.75) is 39.5 Å². The first-order chi connectivity index (χ1) is 15.7. The van der Waals surface area contributed by atoms with Crippen molar-refractivity contribution in [1.82, 2.24) is 5.32 Å². The van der Waals surface area contributed by atoms with E-state index in [4.69, 9.17) is 9.47 Å². The number of carbonyl (C=O) groups excluding carboxylic acids is 2. The summed E-state index contributed by atoms with van der Waals surface area (Å²) in [5, 5.41) is 15.5. The second-order valence-electron chi connectivity index (χ2n) is 8.46. The largest absolute Gasteiger partial charge is 0.506 e. The van der Waals surface area contributed by atoms with Crippen LogP contribution in [0.4, 0.5) is 10.5 Å². The van der Waals surface area contributed by atoms with Gasteiger partial charge in [0, 0.05) is 18.2 Å². The van der Waals surface area contributed by atoms with Gasteiger partial charge in [-0.15, -0.1) is 0 Å². The average Bonchev–Trinajstić information content (AvgIpc) is 2.78. The molecule has 0 spiro atoms. The molecule has 2 amide bonds. The molecule has 0 aliphatic rings. The van der Waals surface area contributed by atoms with Crippen molar-refractivity contribution < 1.29 is 24.2 Å². The van der Waals surface area contributed by atoms with Crippen molar-refractivity contribution in [3.05, 3.63) is 89.5 Å². The highest BCUT2D eigenvalue weighted by Gasteiger charge is 2.16. The Hall–Kier alpha value is -4.00. The van der Waals surface area contributed by atoms with Crippen LogP contribution in [0.15, 0.2) is 72.8 Å². The molecular formula is C26H28N2O5. The lowest BCUT2D eigenvalue weighted by Crippen LogP contribution is -2.32. The van der Waals surface area contributed by atoms with Gasteiger partial charge in [-0.25, -0.2) is 4.79 Å². The summed E-state index contributed by atoms with van der Waals surface area (Å²) >= 11 is 0. The van der Waals surface area contributed by atoms with Crippen molar-refractivity contribution in [2.75, 3.05) is 5.32 Å². The fraction of sp³-hybridized carbons (Fsp3) is 0.231. The summed E-state index contributed by atoms with van der Waals surface area (Å²) in [6.45, 7) is 6.03. The van der Waals surface area contributed by atoms with Crippen LogP contribution >= 0.6 is 0 Å². The summed E-state index contributed by atoms with van der Waals surface area (Å²) < 4.78 is 11.0. The van der Waals surface area contributed by atoms with Crippen LogP contribution in [0, 0.1) is 0 Å². The van der Waals surface area contributed by atoms with Gasteiger partial charge in [0.15, 0.2) is 0 Å². The lowest BCUT2D eigenvalue weighted by Gasteiger charge is -2.19. The van der Waals surface area contributed by atoms with Crippen molar-refractivity contribution in [3.8, 4) is 11.5 Å². The zero-order chi connectivity index (χ0) is 23.8. The second-order valence-corrected chi connectivity index (χ2v) is 8.46. The number of nitrogens with one attached hydrogen (secondary N) is 2. The SMILES string of the molecule is CC(C)(C)OC(=O)NCc1ccc(C(=O)Nc2cc(OCc3ccccc3)ccc2O)cc1. The molecule has 0 atom stereocenters. The summed E-state index contributed by atoms with van der Waals surface area (Å²) in [6.07, 6.45) is -0.505. The summed E-state index contributed by atoms with van der Waals surface area (Å²) in [5.41, 5.74) is 1.92. The molecule has 0 heterocycles. The lowest BCUT2D eigenvalue weighted by molar-refractivity contribution is 0.0523. The van der Waals surface area contributed by atoms with Gasteiger partial charge in [-0.05, 0) is 56.2 Å². The van der Waals surface area contributed by atoms with E-state index in [0.29, 0.717) is 17.9 Å². The first-order valence-electron chi connectivity index (χ1n) is 10.6. The summed E-state index contributed by atoms with van der Waals surface area (Å²) in [6, 6.07) is 21.2. The fourth-order valence-corrected chi connectivity index (χ4v) is 2.90. The number of ether oxygens (including phenoxy) is 2. The maximum atomic E-state index is 12.6. The van der Waals surface area contributed by atoms with Gasteiger partial charge in [0.2, 0.25) is 0 Å². The van der Waals surface area contributed by atoms with Crippen LogP contribution in [0.2, 0.25) is 0 Å². The number of hydrogen-bond acceptors (Lipinski definition) is 5. The van der Waals surface area contributed by atoms with Crippen LogP contribution in [-0.2, 0) is 17.9 Å². The Morgan fingerprint density at radius 3 is 2.27 bits per heavy atom. The Kier molecular flexibility index (Phi) is 7.56. The van der Waals surface area contributed by atoms with Crippen molar-refractivity contribution in [2.24, 2.45) is 0 Å². The van der Waals surface area contributed by atoms with E-state index in [1.54, 1.807) is 57.2 Å². The molecule has 7 heteroatoms. The van der Waals surface area contributed by atoms with E-state index >= 15 is 0 Å². The first kappa shape index (κ1) is 23.7. The maximum Gasteiger partial charge on any atom is 0.407 e. The van der Waals surface area contributed by atoms with Gasteiger partial charge in [0.25, 0.3) is 5.91 Å². The fourth-order valence-electron chi connectivity index (χ4n) is 2.90. The normalized spacial score (nSPS) is 10.9. The average molecular weight is 449 g/mol. The standard InChI is InChI=1S/C26H28N2O5/c1-26(2,3)33-25(31)27-16-18-9-11-20(12-10-18)24(30)28-22-15-21(13-14-23(22)29)32-17-19-7-5-4-6-8-19/h4-15,29H,16-17H2,1-3H3,(H,27,31)(H,28,30). The zero-order valence-electron chi connectivity index (χ0n) is 18.9. The first-order valence-corrected chi connectivity index (χ1v) is 10.6. The van der Waals surface area contributed by atoms with E-state index in [9.17, 15) is 14.7 Å². The van der Waals surface area contributed by atoms with Gasteiger partial charge in [-0.3, -0.25) is 4.79 Å². The van der Waals surface area contributed by atoms with E-state index < -0.39 is 11.7 Å². The molecule has 3 aromatic carbocycles. The third-order valence-electron chi connectivity index (χ3n) is 4.52. The Bertz CT molecular complexity index is 1090. The third-order valence-corrected chi connectivity index (χ3v) is 4.52. The van der Waals surface area contributed by atoms with Gasteiger partial charge < -0.3 is 25.2 Å². The zero-order valence-corrected chi connectivity index (χ0v) is 18.9. The molecule has 3 rings (SSSR count). The molecule has 7 nitrogen and oxygen atoms in total. The number of anilines is 1. The minimum atomic E-state index is -0.568. The van der Waals surface area contributed by atoms with E-state index in [1.165, 1.54) is 6.07 Å². The molecular weight excluding hydrogens is 420 g/mol. The molecule has 0 aliphatic carbocycles. The summed E-state index contributed by atoms with van der Waals surface area (Å²) in [4.78, 5) is 24.4. The number of phenols is 1. The molecule has 0 bridgehead atoms. The molecule has 0 fully saturated rings. The number of amides is 2. The molecule has 33 heavy (non-hydrogen) atoms. The predicted octanol–water partition coefficient (Wildman–Crippen LogP) is 5.25. The minimum absolute atomic E-state index is 0.0615. The smallest absolute Gasteiger partial charge is 0.407 e. The number of alkyl carbamates (subject to hydrolysis) is 1. The van der Waals surface area contributed by atoms with E-state index in [-0.39, 0.29) is 23.9 Å². The third kappa shape index (κ3) is 7.57.